The highest BCUT2D eigenvalue weighted by molar-refractivity contribution is 5.75. The molecule has 1 N–H and O–H groups in total. The fourth-order valence-corrected chi connectivity index (χ4v) is 1.97. The van der Waals surface area contributed by atoms with Crippen LogP contribution in [-0.4, -0.2) is 15.5 Å². The average Bonchev–Trinajstić information content (AvgIpc) is 2.91. The standard InChI is InChI=1S/C15H19N3O/c1-2-5-15(19)17-10-13-6-3-4-7-14(13)11-18-9-8-16-12-18/h3-4,6-9,12H,2,5,10-11H2,1H3,(H,17,19). The molecule has 19 heavy (non-hydrogen) atoms. The number of carbonyl (C=O) groups excluding carboxylic acids is 1. The van der Waals surface area contributed by atoms with E-state index in [-0.39, 0.29) is 5.91 Å². The number of hydrogen-bond acceptors (Lipinski definition) is 2. The van der Waals surface area contributed by atoms with Crippen molar-refractivity contribution in [2.24, 2.45) is 0 Å². The fourth-order valence-electron chi connectivity index (χ4n) is 1.97. The maximum absolute atomic E-state index is 11.5. The summed E-state index contributed by atoms with van der Waals surface area (Å²) in [6.45, 7) is 3.37. The Bertz CT molecular complexity index is 520. The minimum atomic E-state index is 0.111. The minimum absolute atomic E-state index is 0.111. The Balaban J connectivity index is 2.02. The van der Waals surface area contributed by atoms with Crippen LogP contribution in [0.1, 0.15) is 30.9 Å². The van der Waals surface area contributed by atoms with Gasteiger partial charge in [0, 0.05) is 31.9 Å². The van der Waals surface area contributed by atoms with Crippen molar-refractivity contribution in [2.45, 2.75) is 32.9 Å². The topological polar surface area (TPSA) is 46.9 Å². The van der Waals surface area contributed by atoms with Crippen molar-refractivity contribution >= 4 is 5.91 Å². The lowest BCUT2D eigenvalue weighted by Crippen LogP contribution is -2.23. The summed E-state index contributed by atoms with van der Waals surface area (Å²) in [7, 11) is 0. The van der Waals surface area contributed by atoms with Gasteiger partial charge in [0.05, 0.1) is 6.33 Å². The van der Waals surface area contributed by atoms with Crippen LogP contribution >= 0.6 is 0 Å². The third-order valence-corrected chi connectivity index (χ3v) is 2.98. The smallest absolute Gasteiger partial charge is 0.220 e. The van der Waals surface area contributed by atoms with Gasteiger partial charge in [-0.1, -0.05) is 31.2 Å². The second kappa shape index (κ2) is 6.73. The summed E-state index contributed by atoms with van der Waals surface area (Å²) in [6.07, 6.45) is 6.97. The van der Waals surface area contributed by atoms with Gasteiger partial charge in [0.25, 0.3) is 0 Å². The molecule has 0 atom stereocenters. The van der Waals surface area contributed by atoms with Gasteiger partial charge in [-0.15, -0.1) is 0 Å². The highest BCUT2D eigenvalue weighted by atomic mass is 16.1. The van der Waals surface area contributed by atoms with Crippen LogP contribution in [0, 0.1) is 0 Å². The summed E-state index contributed by atoms with van der Waals surface area (Å²) in [4.78, 5) is 15.6. The molecule has 0 aliphatic heterocycles. The number of benzene rings is 1. The van der Waals surface area contributed by atoms with Crippen molar-refractivity contribution in [3.05, 3.63) is 54.1 Å². The quantitative estimate of drug-likeness (QED) is 0.863. The number of amides is 1. The van der Waals surface area contributed by atoms with Gasteiger partial charge in [0.2, 0.25) is 5.91 Å². The number of aromatic nitrogens is 2. The second-order valence-electron chi connectivity index (χ2n) is 4.53. The van der Waals surface area contributed by atoms with Gasteiger partial charge >= 0.3 is 0 Å². The van der Waals surface area contributed by atoms with Crippen LogP contribution < -0.4 is 5.32 Å². The van der Waals surface area contributed by atoms with E-state index in [1.165, 1.54) is 5.56 Å². The largest absolute Gasteiger partial charge is 0.352 e. The van der Waals surface area contributed by atoms with E-state index in [0.717, 1.165) is 18.5 Å². The van der Waals surface area contributed by atoms with Crippen LogP contribution in [0.15, 0.2) is 43.0 Å². The third-order valence-electron chi connectivity index (χ3n) is 2.98. The van der Waals surface area contributed by atoms with Crippen LogP contribution in [0.4, 0.5) is 0 Å². The van der Waals surface area contributed by atoms with Crippen LogP contribution in [0.2, 0.25) is 0 Å². The average molecular weight is 257 g/mol. The SMILES string of the molecule is CCCC(=O)NCc1ccccc1Cn1ccnc1. The molecule has 1 amide bonds. The Morgan fingerprint density at radius 3 is 2.79 bits per heavy atom. The number of hydrogen-bond donors (Lipinski definition) is 1. The van der Waals surface area contributed by atoms with Crippen LogP contribution in [0.25, 0.3) is 0 Å². The van der Waals surface area contributed by atoms with E-state index >= 15 is 0 Å². The maximum Gasteiger partial charge on any atom is 0.220 e. The van der Waals surface area contributed by atoms with Crippen LogP contribution in [-0.2, 0) is 17.9 Å². The molecule has 2 aromatic rings. The zero-order valence-electron chi connectivity index (χ0n) is 11.2. The monoisotopic (exact) mass is 257 g/mol. The molecule has 0 saturated heterocycles. The normalized spacial score (nSPS) is 10.4. The molecule has 0 saturated carbocycles. The lowest BCUT2D eigenvalue weighted by molar-refractivity contribution is -0.121. The molecule has 4 nitrogen and oxygen atoms in total. The molecule has 1 heterocycles. The summed E-state index contributed by atoms with van der Waals surface area (Å²) >= 11 is 0. The first-order valence-corrected chi connectivity index (χ1v) is 6.59. The van der Waals surface area contributed by atoms with Gasteiger partial charge < -0.3 is 9.88 Å². The first kappa shape index (κ1) is 13.3. The van der Waals surface area contributed by atoms with E-state index in [1.807, 2.05) is 29.8 Å². The maximum atomic E-state index is 11.5. The highest BCUT2D eigenvalue weighted by Gasteiger charge is 2.04. The summed E-state index contributed by atoms with van der Waals surface area (Å²) < 4.78 is 2.02. The second-order valence-corrected chi connectivity index (χ2v) is 4.53. The van der Waals surface area contributed by atoms with Crippen molar-refractivity contribution in [3.8, 4) is 0 Å². The Morgan fingerprint density at radius 1 is 1.32 bits per heavy atom. The Labute approximate surface area is 113 Å². The third kappa shape index (κ3) is 3.95. The molecule has 0 aliphatic carbocycles. The van der Waals surface area contributed by atoms with Crippen molar-refractivity contribution < 1.29 is 4.79 Å². The molecule has 100 valence electrons. The predicted octanol–water partition coefficient (Wildman–Crippen LogP) is 2.35. The summed E-state index contributed by atoms with van der Waals surface area (Å²) in [5.74, 6) is 0.111. The summed E-state index contributed by atoms with van der Waals surface area (Å²) in [5.41, 5.74) is 2.36. The molecule has 0 fully saturated rings. The Hall–Kier alpha value is -2.10. The Morgan fingerprint density at radius 2 is 2.11 bits per heavy atom. The number of rotatable bonds is 6. The van der Waals surface area contributed by atoms with E-state index in [1.54, 1.807) is 12.5 Å². The number of carbonyl (C=O) groups is 1. The minimum Gasteiger partial charge on any atom is -0.352 e. The molecule has 0 aliphatic rings. The van der Waals surface area contributed by atoms with E-state index in [4.69, 9.17) is 0 Å². The van der Waals surface area contributed by atoms with Gasteiger partial charge in [0.15, 0.2) is 0 Å². The molecular weight excluding hydrogens is 238 g/mol. The van der Waals surface area contributed by atoms with Crippen molar-refractivity contribution in [2.75, 3.05) is 0 Å². The first-order chi connectivity index (χ1) is 9.29. The van der Waals surface area contributed by atoms with E-state index in [0.29, 0.717) is 13.0 Å². The molecule has 0 spiro atoms. The molecular formula is C15H19N3O. The van der Waals surface area contributed by atoms with Gasteiger partial charge in [0.1, 0.15) is 0 Å². The van der Waals surface area contributed by atoms with E-state index < -0.39 is 0 Å². The molecule has 1 aromatic carbocycles. The van der Waals surface area contributed by atoms with Crippen molar-refractivity contribution in [3.63, 3.8) is 0 Å². The summed E-state index contributed by atoms with van der Waals surface area (Å²) in [6, 6.07) is 8.15. The van der Waals surface area contributed by atoms with Gasteiger partial charge in [-0.2, -0.15) is 0 Å². The van der Waals surface area contributed by atoms with Gasteiger partial charge in [-0.05, 0) is 17.5 Å². The zero-order chi connectivity index (χ0) is 13.5. The zero-order valence-corrected chi connectivity index (χ0v) is 11.2. The Kier molecular flexibility index (Phi) is 4.72. The molecule has 0 unspecified atom stereocenters. The van der Waals surface area contributed by atoms with E-state index in [2.05, 4.69) is 22.4 Å². The number of nitrogens with one attached hydrogen (secondary N) is 1. The molecule has 2 rings (SSSR count). The molecule has 0 bridgehead atoms. The van der Waals surface area contributed by atoms with E-state index in [9.17, 15) is 4.79 Å². The molecule has 4 heteroatoms. The van der Waals surface area contributed by atoms with Crippen LogP contribution in [0.3, 0.4) is 0 Å². The lowest BCUT2D eigenvalue weighted by atomic mass is 10.1. The number of imidazole rings is 1. The summed E-state index contributed by atoms with van der Waals surface area (Å²) in [5, 5.41) is 2.96. The van der Waals surface area contributed by atoms with Gasteiger partial charge in [-0.3, -0.25) is 4.79 Å². The number of nitrogens with zero attached hydrogens (tertiary/aromatic N) is 2. The van der Waals surface area contributed by atoms with Crippen molar-refractivity contribution in [1.82, 2.24) is 14.9 Å². The predicted molar refractivity (Wildman–Crippen MR) is 74.5 cm³/mol. The fraction of sp³-hybridized carbons (Fsp3) is 0.333. The van der Waals surface area contributed by atoms with Gasteiger partial charge in [-0.25, -0.2) is 4.98 Å². The molecule has 0 radical (unpaired) electrons. The first-order valence-electron chi connectivity index (χ1n) is 6.59. The van der Waals surface area contributed by atoms with Crippen molar-refractivity contribution in [1.29, 1.82) is 0 Å². The molecule has 1 aromatic heterocycles. The lowest BCUT2D eigenvalue weighted by Gasteiger charge is -2.11. The highest BCUT2D eigenvalue weighted by Crippen LogP contribution is 2.10. The van der Waals surface area contributed by atoms with Crippen LogP contribution in [0.5, 0.6) is 0 Å².